The summed E-state index contributed by atoms with van der Waals surface area (Å²) < 4.78 is 63.9. The van der Waals surface area contributed by atoms with Crippen LogP contribution >= 0.6 is 23.2 Å². The van der Waals surface area contributed by atoms with E-state index in [0.29, 0.717) is 12.0 Å². The second-order valence-electron chi connectivity index (χ2n) is 9.56. The molecule has 234 valence electrons. The molecule has 2 N–H and O–H groups in total. The third kappa shape index (κ3) is 8.68. The van der Waals surface area contributed by atoms with Gasteiger partial charge in [0.15, 0.2) is 0 Å². The van der Waals surface area contributed by atoms with Gasteiger partial charge >= 0.3 is 18.1 Å². The van der Waals surface area contributed by atoms with Crippen molar-refractivity contribution >= 4 is 52.0 Å². The zero-order chi connectivity index (χ0) is 32.0. The summed E-state index contributed by atoms with van der Waals surface area (Å²) in [7, 11) is -1.86. The number of benzene rings is 2. The number of carbonyl (C=O) groups excluding carboxylic acids is 2. The van der Waals surface area contributed by atoms with Crippen LogP contribution in [0, 0.1) is 0 Å². The summed E-state index contributed by atoms with van der Waals surface area (Å²) in [5.41, 5.74) is 0.582. The molecule has 1 aliphatic rings. The fourth-order valence-corrected chi connectivity index (χ4v) is 6.45. The number of pyridine rings is 1. The van der Waals surface area contributed by atoms with Crippen LogP contribution in [0.4, 0.5) is 13.2 Å². The Kier molecular flexibility index (Phi) is 10.8. The van der Waals surface area contributed by atoms with E-state index in [9.17, 15) is 36.9 Å². The number of carbonyl (C=O) groups is 3. The van der Waals surface area contributed by atoms with Crippen LogP contribution in [0.1, 0.15) is 24.0 Å². The van der Waals surface area contributed by atoms with Crippen molar-refractivity contribution in [2.24, 2.45) is 0 Å². The third-order valence-electron chi connectivity index (χ3n) is 6.42. The largest absolute Gasteiger partial charge is 0.491 e. The lowest BCUT2D eigenvalue weighted by Gasteiger charge is -2.25. The zero-order valence-electron chi connectivity index (χ0n) is 22.6. The van der Waals surface area contributed by atoms with Crippen LogP contribution in [0.15, 0.2) is 65.8 Å². The molecule has 1 saturated heterocycles. The molecule has 16 heteroatoms. The molecule has 1 unspecified atom stereocenters. The van der Waals surface area contributed by atoms with Crippen LogP contribution in [0.25, 0.3) is 0 Å². The Morgan fingerprint density at radius 2 is 1.77 bits per heavy atom. The van der Waals surface area contributed by atoms with Gasteiger partial charge in [-0.15, -0.1) is 0 Å². The zero-order valence-corrected chi connectivity index (χ0v) is 24.9. The first-order chi connectivity index (χ1) is 20.8. The fourth-order valence-electron chi connectivity index (χ4n) is 4.35. The van der Waals surface area contributed by atoms with Crippen molar-refractivity contribution < 1.29 is 46.3 Å². The summed E-state index contributed by atoms with van der Waals surface area (Å²) >= 11 is 12.0. The average Bonchev–Trinajstić information content (AvgIpc) is 3.46. The van der Waals surface area contributed by atoms with Gasteiger partial charge in [0, 0.05) is 41.5 Å². The maximum Gasteiger partial charge on any atom is 0.491 e. The molecular formula is C28H24Cl2F3N3O7S. The summed E-state index contributed by atoms with van der Waals surface area (Å²) in [6.07, 6.45) is -2.10. The van der Waals surface area contributed by atoms with E-state index in [2.05, 4.69) is 15.0 Å². The molecule has 1 fully saturated rings. The van der Waals surface area contributed by atoms with E-state index in [1.165, 1.54) is 47.0 Å². The Bertz CT molecular complexity index is 1540. The van der Waals surface area contributed by atoms with Gasteiger partial charge in [-0.1, -0.05) is 29.3 Å². The van der Waals surface area contributed by atoms with E-state index in [0.717, 1.165) is 6.07 Å². The van der Waals surface area contributed by atoms with Gasteiger partial charge < -0.3 is 19.9 Å². The molecule has 2 heterocycles. The first-order valence-corrected chi connectivity index (χ1v) is 14.8. The molecule has 0 radical (unpaired) electrons. The first kappa shape index (κ1) is 33.2. The maximum atomic E-state index is 13.2. The lowest BCUT2D eigenvalue weighted by atomic mass is 10.0. The van der Waals surface area contributed by atoms with E-state index in [1.54, 1.807) is 12.1 Å². The van der Waals surface area contributed by atoms with Crippen molar-refractivity contribution in [3.63, 3.8) is 0 Å². The second-order valence-corrected chi connectivity index (χ2v) is 11.9. The molecule has 44 heavy (non-hydrogen) atoms. The molecule has 0 saturated carbocycles. The molecule has 0 spiro atoms. The number of amides is 1. The van der Waals surface area contributed by atoms with Gasteiger partial charge in [-0.3, -0.25) is 9.78 Å². The summed E-state index contributed by atoms with van der Waals surface area (Å²) in [5, 5.41) is 12.7. The second kappa shape index (κ2) is 14.4. The quantitative estimate of drug-likeness (QED) is 0.220. The van der Waals surface area contributed by atoms with Crippen LogP contribution in [-0.2, 0) is 38.4 Å². The average molecular weight is 674 g/mol. The number of carboxylic acid groups (broad SMARTS) is 1. The SMILES string of the molecule is O=C(O)[C@H](Cc1ccc(OCc2ccncc2)cc1OC(=O)C(F)(F)F)NC(=O)[C@@H]1CCCN1S(=O)c1cc(Cl)cc(Cl)c1. The Hall–Kier alpha value is -3.72. The minimum Gasteiger partial charge on any atom is -0.489 e. The fraction of sp³-hybridized carbons (Fsp3) is 0.286. The first-order valence-electron chi connectivity index (χ1n) is 12.9. The molecule has 1 aliphatic heterocycles. The molecular weight excluding hydrogens is 650 g/mol. The van der Waals surface area contributed by atoms with E-state index in [-0.39, 0.29) is 45.8 Å². The molecule has 0 bridgehead atoms. The Morgan fingerprint density at radius 3 is 2.41 bits per heavy atom. The summed E-state index contributed by atoms with van der Waals surface area (Å²) in [4.78, 5) is 41.2. The minimum atomic E-state index is -5.33. The number of rotatable bonds is 11. The highest BCUT2D eigenvalue weighted by molar-refractivity contribution is 7.82. The molecule has 3 aromatic rings. The smallest absolute Gasteiger partial charge is 0.489 e. The molecule has 0 aliphatic carbocycles. The number of aliphatic carboxylic acids is 1. The summed E-state index contributed by atoms with van der Waals surface area (Å²) in [5.74, 6) is -5.34. The van der Waals surface area contributed by atoms with Gasteiger partial charge in [0.25, 0.3) is 0 Å². The molecule has 3 atom stereocenters. The number of aromatic nitrogens is 1. The van der Waals surface area contributed by atoms with Crippen molar-refractivity contribution in [2.45, 2.75) is 49.0 Å². The van der Waals surface area contributed by atoms with Crippen LogP contribution in [0.2, 0.25) is 10.0 Å². The summed E-state index contributed by atoms with van der Waals surface area (Å²) in [6.45, 7) is 0.272. The van der Waals surface area contributed by atoms with Crippen molar-refractivity contribution in [3.8, 4) is 11.5 Å². The molecule has 10 nitrogen and oxygen atoms in total. The third-order valence-corrected chi connectivity index (χ3v) is 8.36. The molecule has 2 aromatic carbocycles. The van der Waals surface area contributed by atoms with Crippen molar-refractivity contribution in [1.82, 2.24) is 14.6 Å². The number of hydrogen-bond acceptors (Lipinski definition) is 7. The van der Waals surface area contributed by atoms with E-state index in [1.807, 2.05) is 0 Å². The van der Waals surface area contributed by atoms with Gasteiger partial charge in [-0.05, 0) is 60.4 Å². The monoisotopic (exact) mass is 673 g/mol. The topological polar surface area (TPSA) is 135 Å². The van der Waals surface area contributed by atoms with Gasteiger partial charge in [0.05, 0.1) is 4.90 Å². The Labute approximate surface area is 261 Å². The number of alkyl halides is 3. The standard InChI is InChI=1S/C28H24Cl2F3N3O7S/c29-18-11-19(30)13-21(12-18)44(41)36-9-1-2-23(36)25(37)35-22(26(38)39)10-17-3-4-20(42-15-16-5-7-34-8-6-16)14-24(17)43-27(40)28(31,32)33/h3-8,11-14,22-23H,1-2,9-10,15H2,(H,35,37)(H,38,39)/t22-,23-,44?/m0/s1. The van der Waals surface area contributed by atoms with E-state index < -0.39 is 59.3 Å². The normalized spacial score (nSPS) is 16.6. The predicted octanol–water partition coefficient (Wildman–Crippen LogP) is 4.73. The Morgan fingerprint density at radius 1 is 1.09 bits per heavy atom. The molecule has 1 aromatic heterocycles. The summed E-state index contributed by atoms with van der Waals surface area (Å²) in [6, 6.07) is 8.63. The van der Waals surface area contributed by atoms with Gasteiger partial charge in [-0.25, -0.2) is 18.1 Å². The lowest BCUT2D eigenvalue weighted by molar-refractivity contribution is -0.189. The number of nitrogens with one attached hydrogen (secondary N) is 1. The highest BCUT2D eigenvalue weighted by Gasteiger charge is 2.42. The minimum absolute atomic E-state index is 0.0168. The number of hydrogen-bond donors (Lipinski definition) is 2. The number of halogens is 5. The molecule has 1 amide bonds. The number of nitrogens with zero attached hydrogens (tertiary/aromatic N) is 2. The van der Waals surface area contributed by atoms with Crippen LogP contribution < -0.4 is 14.8 Å². The van der Waals surface area contributed by atoms with Gasteiger partial charge in [0.1, 0.15) is 41.2 Å². The molecule has 4 rings (SSSR count). The highest BCUT2D eigenvalue weighted by Crippen LogP contribution is 2.30. The van der Waals surface area contributed by atoms with Gasteiger partial charge in [-0.2, -0.15) is 13.2 Å². The predicted molar refractivity (Wildman–Crippen MR) is 153 cm³/mol. The maximum absolute atomic E-state index is 13.2. The number of ether oxygens (including phenoxy) is 2. The lowest BCUT2D eigenvalue weighted by Crippen LogP contribution is -2.50. The van der Waals surface area contributed by atoms with Crippen LogP contribution in [-0.4, -0.2) is 61.3 Å². The van der Waals surface area contributed by atoms with Crippen LogP contribution in [0.3, 0.4) is 0 Å². The van der Waals surface area contributed by atoms with Gasteiger partial charge in [0.2, 0.25) is 5.91 Å². The number of esters is 1. The van der Waals surface area contributed by atoms with E-state index in [4.69, 9.17) is 27.9 Å². The van der Waals surface area contributed by atoms with E-state index >= 15 is 0 Å². The van der Waals surface area contributed by atoms with Crippen molar-refractivity contribution in [1.29, 1.82) is 0 Å². The van der Waals surface area contributed by atoms with Crippen LogP contribution in [0.5, 0.6) is 11.5 Å². The van der Waals surface area contributed by atoms with Crippen molar-refractivity contribution in [2.75, 3.05) is 6.54 Å². The van der Waals surface area contributed by atoms with Crippen molar-refractivity contribution in [3.05, 3.63) is 82.1 Å². The number of carboxylic acids is 1. The highest BCUT2D eigenvalue weighted by atomic mass is 35.5. The Balaban J connectivity index is 1.53.